The minimum absolute atomic E-state index is 0.0883. The second kappa shape index (κ2) is 8.36. The fraction of sp³-hybridized carbons (Fsp3) is 0.292. The summed E-state index contributed by atoms with van der Waals surface area (Å²) in [5.41, 5.74) is 2.34. The van der Waals surface area contributed by atoms with Crippen LogP contribution in [0.5, 0.6) is 0 Å². The van der Waals surface area contributed by atoms with Crippen LogP contribution in [0.25, 0.3) is 10.8 Å². The third-order valence-electron chi connectivity index (χ3n) is 5.44. The van der Waals surface area contributed by atoms with E-state index in [1.165, 1.54) is 29.2 Å². The van der Waals surface area contributed by atoms with Gasteiger partial charge in [-0.05, 0) is 47.8 Å². The predicted octanol–water partition coefficient (Wildman–Crippen LogP) is 4.34. The van der Waals surface area contributed by atoms with Gasteiger partial charge in [-0.15, -0.1) is 0 Å². The standard InChI is InChI=1S/C24H26N2O/c27-24(17-19-12-13-20-8-4-5-11-22(20)16-19)25-18-23(26-14-6-7-15-26)21-9-2-1-3-10-21/h1-5,8-13,16,23H,6-7,14-15,17-18H2,(H,25,27)/t23-/m0/s1. The normalized spacial score (nSPS) is 15.7. The molecule has 0 aromatic heterocycles. The van der Waals surface area contributed by atoms with Crippen LogP contribution in [0.4, 0.5) is 0 Å². The molecule has 4 rings (SSSR count). The molecule has 1 saturated heterocycles. The molecule has 1 amide bonds. The monoisotopic (exact) mass is 358 g/mol. The summed E-state index contributed by atoms with van der Waals surface area (Å²) in [6.07, 6.45) is 2.91. The summed E-state index contributed by atoms with van der Waals surface area (Å²) in [6.45, 7) is 2.89. The molecular weight excluding hydrogens is 332 g/mol. The lowest BCUT2D eigenvalue weighted by molar-refractivity contribution is -0.120. The maximum atomic E-state index is 12.6. The maximum absolute atomic E-state index is 12.6. The van der Waals surface area contributed by atoms with Crippen molar-refractivity contribution < 1.29 is 4.79 Å². The van der Waals surface area contributed by atoms with Gasteiger partial charge in [0, 0.05) is 6.54 Å². The zero-order valence-corrected chi connectivity index (χ0v) is 15.6. The highest BCUT2D eigenvalue weighted by Gasteiger charge is 2.23. The van der Waals surface area contributed by atoms with Gasteiger partial charge in [-0.2, -0.15) is 0 Å². The third-order valence-corrected chi connectivity index (χ3v) is 5.44. The molecule has 0 unspecified atom stereocenters. The van der Waals surface area contributed by atoms with Crippen molar-refractivity contribution in [3.63, 3.8) is 0 Å². The van der Waals surface area contributed by atoms with E-state index in [-0.39, 0.29) is 11.9 Å². The van der Waals surface area contributed by atoms with E-state index < -0.39 is 0 Å². The largest absolute Gasteiger partial charge is 0.354 e. The molecule has 138 valence electrons. The first-order chi connectivity index (χ1) is 13.3. The Kier molecular flexibility index (Phi) is 5.50. The number of amides is 1. The molecule has 1 atom stereocenters. The van der Waals surface area contributed by atoms with Crippen LogP contribution in [0.1, 0.15) is 30.0 Å². The fourth-order valence-electron chi connectivity index (χ4n) is 3.99. The lowest BCUT2D eigenvalue weighted by atomic mass is 10.0. The predicted molar refractivity (Wildman–Crippen MR) is 111 cm³/mol. The van der Waals surface area contributed by atoms with Crippen LogP contribution in [0, 0.1) is 0 Å². The smallest absolute Gasteiger partial charge is 0.224 e. The number of carbonyl (C=O) groups excluding carboxylic acids is 1. The SMILES string of the molecule is O=C(Cc1ccc2ccccc2c1)NC[C@@H](c1ccccc1)N1CCCC1. The summed E-state index contributed by atoms with van der Waals surface area (Å²) in [5.74, 6) is 0.0883. The van der Waals surface area contributed by atoms with Crippen LogP contribution in [-0.4, -0.2) is 30.4 Å². The molecule has 27 heavy (non-hydrogen) atoms. The molecule has 3 nitrogen and oxygen atoms in total. The zero-order chi connectivity index (χ0) is 18.5. The summed E-state index contributed by atoms with van der Waals surface area (Å²) >= 11 is 0. The molecule has 3 aromatic rings. The molecule has 1 aliphatic rings. The van der Waals surface area contributed by atoms with Gasteiger partial charge in [-0.3, -0.25) is 9.69 Å². The average molecular weight is 358 g/mol. The molecule has 0 spiro atoms. The van der Waals surface area contributed by atoms with Crippen molar-refractivity contribution in [2.24, 2.45) is 0 Å². The van der Waals surface area contributed by atoms with Gasteiger partial charge in [-0.1, -0.05) is 72.8 Å². The van der Waals surface area contributed by atoms with Gasteiger partial charge in [0.1, 0.15) is 0 Å². The number of hydrogen-bond acceptors (Lipinski definition) is 2. The summed E-state index contributed by atoms with van der Waals surface area (Å²) in [7, 11) is 0. The first kappa shape index (κ1) is 17.7. The lowest BCUT2D eigenvalue weighted by Crippen LogP contribution is -2.37. The van der Waals surface area contributed by atoms with Gasteiger partial charge in [0.25, 0.3) is 0 Å². The Morgan fingerprint density at radius 1 is 0.889 bits per heavy atom. The lowest BCUT2D eigenvalue weighted by Gasteiger charge is -2.28. The van der Waals surface area contributed by atoms with Crippen molar-refractivity contribution in [1.82, 2.24) is 10.2 Å². The highest BCUT2D eigenvalue weighted by molar-refractivity contribution is 5.85. The molecule has 1 N–H and O–H groups in total. The number of carbonyl (C=O) groups is 1. The van der Waals surface area contributed by atoms with E-state index in [1.54, 1.807) is 0 Å². The summed E-state index contributed by atoms with van der Waals surface area (Å²) in [6, 6.07) is 25.3. The third kappa shape index (κ3) is 4.37. The Hall–Kier alpha value is -2.65. The van der Waals surface area contributed by atoms with Crippen LogP contribution in [0.3, 0.4) is 0 Å². The number of hydrogen-bond donors (Lipinski definition) is 1. The van der Waals surface area contributed by atoms with Crippen LogP contribution >= 0.6 is 0 Å². The number of fused-ring (bicyclic) bond motifs is 1. The van der Waals surface area contributed by atoms with Gasteiger partial charge >= 0.3 is 0 Å². The average Bonchev–Trinajstić information content (AvgIpc) is 3.23. The molecule has 1 fully saturated rings. The van der Waals surface area contributed by atoms with E-state index in [1.807, 2.05) is 18.2 Å². The van der Waals surface area contributed by atoms with E-state index in [0.29, 0.717) is 13.0 Å². The van der Waals surface area contributed by atoms with Gasteiger partial charge in [0.2, 0.25) is 5.91 Å². The van der Waals surface area contributed by atoms with Crippen LogP contribution in [-0.2, 0) is 11.2 Å². The number of nitrogens with zero attached hydrogens (tertiary/aromatic N) is 1. The van der Waals surface area contributed by atoms with Gasteiger partial charge in [0.15, 0.2) is 0 Å². The molecule has 1 aliphatic heterocycles. The van der Waals surface area contributed by atoms with Crippen LogP contribution < -0.4 is 5.32 Å². The Morgan fingerprint density at radius 2 is 1.59 bits per heavy atom. The van der Waals surface area contributed by atoms with Crippen molar-refractivity contribution in [2.45, 2.75) is 25.3 Å². The van der Waals surface area contributed by atoms with Crippen molar-refractivity contribution in [2.75, 3.05) is 19.6 Å². The Morgan fingerprint density at radius 3 is 2.37 bits per heavy atom. The molecule has 3 heteroatoms. The van der Waals surface area contributed by atoms with Gasteiger partial charge in [0.05, 0.1) is 12.5 Å². The van der Waals surface area contributed by atoms with E-state index in [4.69, 9.17) is 0 Å². The van der Waals surface area contributed by atoms with Crippen molar-refractivity contribution in [3.8, 4) is 0 Å². The minimum atomic E-state index is 0.0883. The van der Waals surface area contributed by atoms with Crippen molar-refractivity contribution in [3.05, 3.63) is 83.9 Å². The van der Waals surface area contributed by atoms with Crippen molar-refractivity contribution in [1.29, 1.82) is 0 Å². The topological polar surface area (TPSA) is 32.3 Å². The molecule has 0 bridgehead atoms. The van der Waals surface area contributed by atoms with E-state index >= 15 is 0 Å². The maximum Gasteiger partial charge on any atom is 0.224 e. The van der Waals surface area contributed by atoms with Gasteiger partial charge in [-0.25, -0.2) is 0 Å². The second-order valence-electron chi connectivity index (χ2n) is 7.33. The quantitative estimate of drug-likeness (QED) is 0.711. The number of benzene rings is 3. The molecular formula is C24H26N2O. The summed E-state index contributed by atoms with van der Waals surface area (Å²) < 4.78 is 0. The number of nitrogens with one attached hydrogen (secondary N) is 1. The molecule has 0 radical (unpaired) electrons. The first-order valence-corrected chi connectivity index (χ1v) is 9.83. The molecule has 3 aromatic carbocycles. The molecule has 1 heterocycles. The highest BCUT2D eigenvalue weighted by Crippen LogP contribution is 2.24. The Labute approximate surface area is 161 Å². The Balaban J connectivity index is 1.41. The highest BCUT2D eigenvalue weighted by atomic mass is 16.1. The van der Waals surface area contributed by atoms with Crippen molar-refractivity contribution >= 4 is 16.7 Å². The molecule has 0 aliphatic carbocycles. The summed E-state index contributed by atoms with van der Waals surface area (Å²) in [5, 5.41) is 5.56. The van der Waals surface area contributed by atoms with E-state index in [9.17, 15) is 4.79 Å². The van der Waals surface area contributed by atoms with Gasteiger partial charge < -0.3 is 5.32 Å². The fourth-order valence-corrected chi connectivity index (χ4v) is 3.99. The zero-order valence-electron chi connectivity index (χ0n) is 15.6. The molecule has 0 saturated carbocycles. The number of rotatable bonds is 6. The minimum Gasteiger partial charge on any atom is -0.354 e. The van der Waals surface area contributed by atoms with Crippen LogP contribution in [0.15, 0.2) is 72.8 Å². The number of likely N-dealkylation sites (tertiary alicyclic amines) is 1. The van der Waals surface area contributed by atoms with E-state index in [2.05, 4.69) is 64.8 Å². The summed E-state index contributed by atoms with van der Waals surface area (Å²) in [4.78, 5) is 15.1. The van der Waals surface area contributed by atoms with E-state index in [0.717, 1.165) is 18.7 Å². The Bertz CT molecular complexity index is 900. The van der Waals surface area contributed by atoms with Crippen LogP contribution in [0.2, 0.25) is 0 Å². The first-order valence-electron chi connectivity index (χ1n) is 9.83. The second-order valence-corrected chi connectivity index (χ2v) is 7.33.